The van der Waals surface area contributed by atoms with E-state index in [1.165, 1.54) is 10.6 Å². The summed E-state index contributed by atoms with van der Waals surface area (Å²) in [6.45, 7) is 0.359. The standard InChI is InChI=1S/C18H18N2O3S/c21-16-8-4-7-15-13(16)11-14(17(22)19-9-10-24)18(23)20(15)12-5-2-1-3-6-12/h1-3,5-6,11,24H,4,7-10H2,(H,19,22). The van der Waals surface area contributed by atoms with Crippen LogP contribution in [0.15, 0.2) is 41.2 Å². The summed E-state index contributed by atoms with van der Waals surface area (Å²) in [6, 6.07) is 10.6. The van der Waals surface area contributed by atoms with E-state index in [4.69, 9.17) is 0 Å². The second-order valence-corrected chi connectivity index (χ2v) is 6.10. The van der Waals surface area contributed by atoms with Crippen LogP contribution in [0.5, 0.6) is 0 Å². The Morgan fingerprint density at radius 2 is 1.92 bits per heavy atom. The lowest BCUT2D eigenvalue weighted by Crippen LogP contribution is -2.36. The second-order valence-electron chi connectivity index (χ2n) is 5.65. The molecule has 1 aliphatic rings. The van der Waals surface area contributed by atoms with Crippen LogP contribution in [0.1, 0.15) is 39.3 Å². The number of thiol groups is 1. The number of rotatable bonds is 4. The van der Waals surface area contributed by atoms with Crippen LogP contribution in [-0.2, 0) is 6.42 Å². The maximum absolute atomic E-state index is 12.9. The number of aromatic nitrogens is 1. The van der Waals surface area contributed by atoms with Gasteiger partial charge in [-0.3, -0.25) is 19.0 Å². The number of nitrogens with one attached hydrogen (secondary N) is 1. The molecule has 1 aliphatic carbocycles. The molecule has 0 saturated carbocycles. The Morgan fingerprint density at radius 3 is 2.62 bits per heavy atom. The first kappa shape index (κ1) is 16.5. The predicted molar refractivity (Wildman–Crippen MR) is 95.5 cm³/mol. The minimum Gasteiger partial charge on any atom is -0.351 e. The summed E-state index contributed by atoms with van der Waals surface area (Å²) < 4.78 is 1.50. The molecule has 5 nitrogen and oxygen atoms in total. The maximum Gasteiger partial charge on any atom is 0.268 e. The molecule has 1 aromatic heterocycles. The minimum atomic E-state index is -0.472. The van der Waals surface area contributed by atoms with Gasteiger partial charge in [-0.25, -0.2) is 0 Å². The molecule has 2 aromatic rings. The number of hydrogen-bond donors (Lipinski definition) is 2. The number of hydrogen-bond acceptors (Lipinski definition) is 4. The fourth-order valence-electron chi connectivity index (χ4n) is 2.97. The average Bonchev–Trinajstić information content (AvgIpc) is 2.60. The van der Waals surface area contributed by atoms with Crippen LogP contribution in [-0.4, -0.2) is 28.6 Å². The molecule has 0 bridgehead atoms. The van der Waals surface area contributed by atoms with Crippen molar-refractivity contribution in [2.75, 3.05) is 12.3 Å². The van der Waals surface area contributed by atoms with E-state index in [-0.39, 0.29) is 11.3 Å². The zero-order chi connectivity index (χ0) is 17.1. The van der Waals surface area contributed by atoms with Crippen LogP contribution in [0.3, 0.4) is 0 Å². The maximum atomic E-state index is 12.9. The third-order valence-electron chi connectivity index (χ3n) is 4.08. The quantitative estimate of drug-likeness (QED) is 0.835. The second kappa shape index (κ2) is 7.05. The topological polar surface area (TPSA) is 68.2 Å². The Hall–Kier alpha value is -2.34. The number of Topliss-reactive ketones (excluding diaryl/α,β-unsaturated/α-hetero) is 1. The van der Waals surface area contributed by atoms with Crippen molar-refractivity contribution in [3.8, 4) is 5.69 Å². The van der Waals surface area contributed by atoms with Crippen molar-refractivity contribution < 1.29 is 9.59 Å². The third kappa shape index (κ3) is 3.01. The number of carbonyl (C=O) groups is 2. The lowest BCUT2D eigenvalue weighted by Gasteiger charge is -2.21. The highest BCUT2D eigenvalue weighted by molar-refractivity contribution is 7.80. The molecule has 6 heteroatoms. The Morgan fingerprint density at radius 1 is 1.17 bits per heavy atom. The molecular formula is C18H18N2O3S. The van der Waals surface area contributed by atoms with E-state index in [0.717, 1.165) is 0 Å². The van der Waals surface area contributed by atoms with Crippen LogP contribution in [0.2, 0.25) is 0 Å². The highest BCUT2D eigenvalue weighted by Crippen LogP contribution is 2.23. The van der Waals surface area contributed by atoms with Gasteiger partial charge in [-0.2, -0.15) is 12.6 Å². The molecule has 3 rings (SSSR count). The monoisotopic (exact) mass is 342 g/mol. The van der Waals surface area contributed by atoms with Crippen molar-refractivity contribution in [2.45, 2.75) is 19.3 Å². The zero-order valence-corrected chi connectivity index (χ0v) is 14.0. The van der Waals surface area contributed by atoms with Gasteiger partial charge in [0.25, 0.3) is 11.5 Å². The van der Waals surface area contributed by atoms with E-state index in [9.17, 15) is 14.4 Å². The third-order valence-corrected chi connectivity index (χ3v) is 4.30. The molecule has 0 atom stereocenters. The van der Waals surface area contributed by atoms with Crippen molar-refractivity contribution in [1.29, 1.82) is 0 Å². The number of fused-ring (bicyclic) bond motifs is 1. The van der Waals surface area contributed by atoms with Gasteiger partial charge in [-0.05, 0) is 31.0 Å². The fraction of sp³-hybridized carbons (Fsp3) is 0.278. The van der Waals surface area contributed by atoms with Gasteiger partial charge in [0.1, 0.15) is 5.56 Å². The smallest absolute Gasteiger partial charge is 0.268 e. The number of carbonyl (C=O) groups excluding carboxylic acids is 2. The Balaban J connectivity index is 2.23. The summed E-state index contributed by atoms with van der Waals surface area (Å²) in [5, 5.41) is 2.65. The number of ketones is 1. The zero-order valence-electron chi connectivity index (χ0n) is 13.1. The number of amides is 1. The molecular weight excluding hydrogens is 324 g/mol. The van der Waals surface area contributed by atoms with Gasteiger partial charge in [0, 0.05) is 35.7 Å². The highest BCUT2D eigenvalue weighted by atomic mass is 32.1. The van der Waals surface area contributed by atoms with E-state index in [1.807, 2.05) is 18.2 Å². The first-order valence-corrected chi connectivity index (χ1v) is 8.53. The molecule has 1 amide bonds. The summed E-state index contributed by atoms with van der Waals surface area (Å²) in [6.07, 6.45) is 1.80. The molecule has 1 aromatic carbocycles. The van der Waals surface area contributed by atoms with E-state index in [2.05, 4.69) is 17.9 Å². The predicted octanol–water partition coefficient (Wildman–Crippen LogP) is 2.02. The Labute approximate surface area is 145 Å². The molecule has 0 spiro atoms. The van der Waals surface area contributed by atoms with E-state index >= 15 is 0 Å². The van der Waals surface area contributed by atoms with Crippen LogP contribution in [0, 0.1) is 0 Å². The molecule has 124 valence electrons. The molecule has 1 N–H and O–H groups in total. The van der Waals surface area contributed by atoms with Gasteiger partial charge >= 0.3 is 0 Å². The van der Waals surface area contributed by atoms with Crippen LogP contribution >= 0.6 is 12.6 Å². The van der Waals surface area contributed by atoms with Gasteiger partial charge in [0.15, 0.2) is 5.78 Å². The van der Waals surface area contributed by atoms with Gasteiger partial charge in [-0.15, -0.1) is 0 Å². The number of pyridine rings is 1. The van der Waals surface area contributed by atoms with Crippen LogP contribution in [0.4, 0.5) is 0 Å². The minimum absolute atomic E-state index is 0.00497. The van der Waals surface area contributed by atoms with Gasteiger partial charge < -0.3 is 5.32 Å². The molecule has 24 heavy (non-hydrogen) atoms. The van der Waals surface area contributed by atoms with Crippen LogP contribution < -0.4 is 10.9 Å². The molecule has 0 unspecified atom stereocenters. The van der Waals surface area contributed by atoms with Gasteiger partial charge in [-0.1, -0.05) is 18.2 Å². The number of benzene rings is 1. The first-order valence-electron chi connectivity index (χ1n) is 7.90. The van der Waals surface area contributed by atoms with Crippen molar-refractivity contribution in [3.05, 3.63) is 63.6 Å². The van der Waals surface area contributed by atoms with E-state index in [1.54, 1.807) is 12.1 Å². The van der Waals surface area contributed by atoms with Crippen molar-refractivity contribution in [3.63, 3.8) is 0 Å². The van der Waals surface area contributed by atoms with Crippen molar-refractivity contribution >= 4 is 24.3 Å². The molecule has 1 heterocycles. The summed E-state index contributed by atoms with van der Waals surface area (Å²) in [4.78, 5) is 37.6. The Kier molecular flexibility index (Phi) is 4.85. The molecule has 0 aliphatic heterocycles. The van der Waals surface area contributed by atoms with Crippen LogP contribution in [0.25, 0.3) is 5.69 Å². The lowest BCUT2D eigenvalue weighted by molar-refractivity contribution is 0.0954. The summed E-state index contributed by atoms with van der Waals surface area (Å²) in [5.74, 6) is -0.0215. The number of para-hydroxylation sites is 1. The summed E-state index contributed by atoms with van der Waals surface area (Å²) in [5.41, 5.74) is 1.42. The van der Waals surface area contributed by atoms with Crippen molar-refractivity contribution in [1.82, 2.24) is 9.88 Å². The highest BCUT2D eigenvalue weighted by Gasteiger charge is 2.25. The average molecular weight is 342 g/mol. The molecule has 0 radical (unpaired) electrons. The van der Waals surface area contributed by atoms with E-state index in [0.29, 0.717) is 48.5 Å². The summed E-state index contributed by atoms with van der Waals surface area (Å²) in [7, 11) is 0. The summed E-state index contributed by atoms with van der Waals surface area (Å²) >= 11 is 4.05. The molecule has 0 fully saturated rings. The number of nitrogens with zero attached hydrogens (tertiary/aromatic N) is 1. The largest absolute Gasteiger partial charge is 0.351 e. The first-order chi connectivity index (χ1) is 11.6. The van der Waals surface area contributed by atoms with Gasteiger partial charge in [0.2, 0.25) is 0 Å². The van der Waals surface area contributed by atoms with Gasteiger partial charge in [0.05, 0.1) is 0 Å². The molecule has 0 saturated heterocycles. The van der Waals surface area contributed by atoms with E-state index < -0.39 is 11.5 Å². The lowest BCUT2D eigenvalue weighted by atomic mass is 9.92. The Bertz CT molecular complexity index is 843. The normalized spacial score (nSPS) is 13.5. The van der Waals surface area contributed by atoms with Crippen molar-refractivity contribution in [2.24, 2.45) is 0 Å². The SMILES string of the molecule is O=C1CCCc2c1cc(C(=O)NCCS)c(=O)n2-c1ccccc1. The fourth-order valence-corrected chi connectivity index (χ4v) is 3.08.